The summed E-state index contributed by atoms with van der Waals surface area (Å²) in [6.07, 6.45) is -0.0370. The quantitative estimate of drug-likeness (QED) is 0.458. The number of amides is 1. The third-order valence-electron chi connectivity index (χ3n) is 5.51. The highest BCUT2D eigenvalue weighted by Crippen LogP contribution is 2.34. The van der Waals surface area contributed by atoms with Crippen LogP contribution in [0.1, 0.15) is 28.2 Å². The van der Waals surface area contributed by atoms with Crippen molar-refractivity contribution in [1.82, 2.24) is 4.31 Å². The van der Waals surface area contributed by atoms with Crippen LogP contribution in [0.5, 0.6) is 0 Å². The van der Waals surface area contributed by atoms with Gasteiger partial charge in [0.1, 0.15) is 0 Å². The SMILES string of the molecule is Cc1ccc(S(=O)(=O)N2CC(c3ccc([N+](=O)[O-])cc3)c3ccccc3CC2=O)cc1. The van der Waals surface area contributed by atoms with Gasteiger partial charge < -0.3 is 0 Å². The largest absolute Gasteiger partial charge is 0.273 e. The number of aryl methyl sites for hydroxylation is 1. The third-order valence-corrected chi connectivity index (χ3v) is 7.31. The first kappa shape index (κ1) is 20.7. The maximum Gasteiger partial charge on any atom is 0.269 e. The Morgan fingerprint density at radius 2 is 1.61 bits per heavy atom. The zero-order chi connectivity index (χ0) is 22.2. The van der Waals surface area contributed by atoms with Gasteiger partial charge in [-0.2, -0.15) is 0 Å². The fourth-order valence-electron chi connectivity index (χ4n) is 3.84. The molecule has 0 saturated heterocycles. The van der Waals surface area contributed by atoms with Crippen LogP contribution >= 0.6 is 0 Å². The molecule has 4 rings (SSSR count). The van der Waals surface area contributed by atoms with E-state index in [1.54, 1.807) is 24.3 Å². The van der Waals surface area contributed by atoms with E-state index >= 15 is 0 Å². The van der Waals surface area contributed by atoms with Gasteiger partial charge in [0.15, 0.2) is 0 Å². The van der Waals surface area contributed by atoms with Gasteiger partial charge in [-0.15, -0.1) is 0 Å². The van der Waals surface area contributed by atoms with Crippen molar-refractivity contribution < 1.29 is 18.1 Å². The van der Waals surface area contributed by atoms with Gasteiger partial charge in [0, 0.05) is 24.6 Å². The summed E-state index contributed by atoms with van der Waals surface area (Å²) in [5.41, 5.74) is 3.16. The first-order chi connectivity index (χ1) is 14.8. The van der Waals surface area contributed by atoms with E-state index in [4.69, 9.17) is 0 Å². The monoisotopic (exact) mass is 436 g/mol. The number of rotatable bonds is 4. The first-order valence-corrected chi connectivity index (χ1v) is 11.2. The molecular formula is C23H20N2O5S. The minimum Gasteiger partial charge on any atom is -0.273 e. The van der Waals surface area contributed by atoms with Crippen molar-refractivity contribution in [2.45, 2.75) is 24.2 Å². The highest BCUT2D eigenvalue weighted by molar-refractivity contribution is 7.89. The van der Waals surface area contributed by atoms with Crippen LogP contribution in [0, 0.1) is 17.0 Å². The molecule has 158 valence electrons. The lowest BCUT2D eigenvalue weighted by Gasteiger charge is -2.25. The number of sulfonamides is 1. The van der Waals surface area contributed by atoms with Gasteiger partial charge in [-0.05, 0) is 35.7 Å². The van der Waals surface area contributed by atoms with Crippen LogP contribution in [-0.2, 0) is 21.2 Å². The number of carbonyl (C=O) groups is 1. The highest BCUT2D eigenvalue weighted by Gasteiger charge is 2.36. The van der Waals surface area contributed by atoms with Gasteiger partial charge in [-0.25, -0.2) is 12.7 Å². The minimum atomic E-state index is -4.06. The summed E-state index contributed by atoms with van der Waals surface area (Å²) in [6.45, 7) is 1.78. The zero-order valence-corrected chi connectivity index (χ0v) is 17.6. The number of benzene rings is 3. The average molecular weight is 436 g/mol. The van der Waals surface area contributed by atoms with Crippen LogP contribution < -0.4 is 0 Å². The molecule has 0 bridgehead atoms. The predicted molar refractivity (Wildman–Crippen MR) is 115 cm³/mol. The van der Waals surface area contributed by atoms with E-state index in [0.29, 0.717) is 5.56 Å². The second-order valence-corrected chi connectivity index (χ2v) is 9.38. The Labute approximate surface area is 180 Å². The van der Waals surface area contributed by atoms with E-state index in [9.17, 15) is 23.3 Å². The van der Waals surface area contributed by atoms with Crippen molar-refractivity contribution in [3.8, 4) is 0 Å². The average Bonchev–Trinajstić information content (AvgIpc) is 2.90. The maximum atomic E-state index is 13.3. The van der Waals surface area contributed by atoms with E-state index in [-0.39, 0.29) is 23.5 Å². The smallest absolute Gasteiger partial charge is 0.269 e. The Morgan fingerprint density at radius 3 is 2.26 bits per heavy atom. The normalized spacial score (nSPS) is 16.5. The van der Waals surface area contributed by atoms with Crippen LogP contribution in [0.25, 0.3) is 0 Å². The molecule has 0 aromatic heterocycles. The molecule has 0 spiro atoms. The van der Waals surface area contributed by atoms with Crippen molar-refractivity contribution in [2.24, 2.45) is 0 Å². The topological polar surface area (TPSA) is 97.6 Å². The van der Waals surface area contributed by atoms with Crippen molar-refractivity contribution >= 4 is 21.6 Å². The third kappa shape index (κ3) is 3.94. The molecule has 1 aliphatic heterocycles. The summed E-state index contributed by atoms with van der Waals surface area (Å²) in [4.78, 5) is 23.6. The number of hydrogen-bond acceptors (Lipinski definition) is 5. The Kier molecular flexibility index (Phi) is 5.32. The molecule has 7 nitrogen and oxygen atoms in total. The first-order valence-electron chi connectivity index (χ1n) is 9.72. The van der Waals surface area contributed by atoms with Crippen molar-refractivity contribution in [3.05, 3.63) is 105 Å². The van der Waals surface area contributed by atoms with E-state index in [1.165, 1.54) is 24.3 Å². The summed E-state index contributed by atoms with van der Waals surface area (Å²) < 4.78 is 27.6. The van der Waals surface area contributed by atoms with Gasteiger partial charge in [-0.1, -0.05) is 54.1 Å². The van der Waals surface area contributed by atoms with Crippen LogP contribution in [0.3, 0.4) is 0 Å². The van der Waals surface area contributed by atoms with Crippen LogP contribution in [0.15, 0.2) is 77.7 Å². The Morgan fingerprint density at radius 1 is 0.968 bits per heavy atom. The van der Waals surface area contributed by atoms with E-state index in [2.05, 4.69) is 0 Å². The molecule has 0 N–H and O–H groups in total. The molecule has 1 heterocycles. The predicted octanol–water partition coefficient (Wildman–Crippen LogP) is 3.81. The summed E-state index contributed by atoms with van der Waals surface area (Å²) in [6, 6.07) is 19.7. The van der Waals surface area contributed by atoms with Crippen molar-refractivity contribution in [2.75, 3.05) is 6.54 Å². The standard InChI is InChI=1S/C23H20N2O5S/c1-16-6-12-20(13-7-16)31(29,30)24-15-22(17-8-10-19(11-9-17)25(27)28)21-5-3-2-4-18(21)14-23(24)26/h2-13,22H,14-15H2,1H3. The Balaban J connectivity index is 1.80. The molecule has 3 aromatic carbocycles. The molecular weight excluding hydrogens is 416 g/mol. The van der Waals surface area contributed by atoms with Gasteiger partial charge in [0.05, 0.1) is 16.2 Å². The molecule has 8 heteroatoms. The fraction of sp³-hybridized carbons (Fsp3) is 0.174. The Hall–Kier alpha value is -3.52. The summed E-state index contributed by atoms with van der Waals surface area (Å²) in [7, 11) is -4.06. The second kappa shape index (κ2) is 7.96. The number of nitrogens with zero attached hydrogens (tertiary/aromatic N) is 2. The molecule has 0 aliphatic carbocycles. The van der Waals surface area contributed by atoms with E-state index < -0.39 is 26.8 Å². The molecule has 0 fully saturated rings. The Bertz CT molecular complexity index is 1250. The van der Waals surface area contributed by atoms with Gasteiger partial charge >= 0.3 is 0 Å². The number of nitro benzene ring substituents is 1. The molecule has 1 amide bonds. The molecule has 1 aliphatic rings. The lowest BCUT2D eigenvalue weighted by molar-refractivity contribution is -0.384. The maximum absolute atomic E-state index is 13.3. The molecule has 3 aromatic rings. The van der Waals surface area contributed by atoms with E-state index in [0.717, 1.165) is 21.0 Å². The summed E-state index contributed by atoms with van der Waals surface area (Å²) in [5.74, 6) is -0.943. The van der Waals surface area contributed by atoms with Crippen molar-refractivity contribution in [1.29, 1.82) is 0 Å². The molecule has 0 radical (unpaired) electrons. The summed E-state index contributed by atoms with van der Waals surface area (Å²) >= 11 is 0. The number of hydrogen-bond donors (Lipinski definition) is 0. The molecule has 1 atom stereocenters. The lowest BCUT2D eigenvalue weighted by atomic mass is 9.88. The van der Waals surface area contributed by atoms with Gasteiger partial charge in [-0.3, -0.25) is 14.9 Å². The van der Waals surface area contributed by atoms with Gasteiger partial charge in [0.25, 0.3) is 15.7 Å². The highest BCUT2D eigenvalue weighted by atomic mass is 32.2. The zero-order valence-electron chi connectivity index (χ0n) is 16.8. The molecule has 31 heavy (non-hydrogen) atoms. The van der Waals surface area contributed by atoms with Crippen LogP contribution in [-0.4, -0.2) is 30.1 Å². The van der Waals surface area contributed by atoms with Crippen LogP contribution in [0.4, 0.5) is 5.69 Å². The molecule has 0 saturated carbocycles. The van der Waals surface area contributed by atoms with Crippen LogP contribution in [0.2, 0.25) is 0 Å². The number of carbonyl (C=O) groups excluding carboxylic acids is 1. The second-order valence-electron chi connectivity index (χ2n) is 7.52. The minimum absolute atomic E-state index is 0.0370. The fourth-order valence-corrected chi connectivity index (χ4v) is 5.25. The number of non-ortho nitro benzene ring substituents is 1. The number of fused-ring (bicyclic) bond motifs is 1. The van der Waals surface area contributed by atoms with E-state index in [1.807, 2.05) is 31.2 Å². The molecule has 1 unspecified atom stereocenters. The van der Waals surface area contributed by atoms with Crippen molar-refractivity contribution in [3.63, 3.8) is 0 Å². The number of nitro groups is 1. The summed E-state index contributed by atoms with van der Waals surface area (Å²) in [5, 5.41) is 11.0. The van der Waals surface area contributed by atoms with Gasteiger partial charge in [0.2, 0.25) is 5.91 Å². The lowest BCUT2D eigenvalue weighted by Crippen LogP contribution is -2.39.